The van der Waals surface area contributed by atoms with Gasteiger partial charge < -0.3 is 9.64 Å². The molecule has 1 aromatic carbocycles. The number of alkyl halides is 3. The molecule has 0 radical (unpaired) electrons. The number of unbranched alkanes of at least 4 members (excludes halogenated alkanes) is 1. The van der Waals surface area contributed by atoms with E-state index in [1.165, 1.54) is 36.8 Å². The van der Waals surface area contributed by atoms with Crippen LogP contribution in [0.4, 0.5) is 13.2 Å². The Kier molecular flexibility index (Phi) is 9.26. The molecule has 0 fully saturated rings. The molecule has 2 rings (SSSR count). The van der Waals surface area contributed by atoms with E-state index in [4.69, 9.17) is 33.2 Å². The van der Waals surface area contributed by atoms with Crippen molar-refractivity contribution in [1.29, 1.82) is 5.26 Å². The monoisotopic (exact) mass is 498 g/mol. The maximum atomic E-state index is 13.6. The molecule has 1 amide bonds. The predicted molar refractivity (Wildman–Crippen MR) is 117 cm³/mol. The second-order valence-electron chi connectivity index (χ2n) is 6.78. The molecule has 0 bridgehead atoms. The van der Waals surface area contributed by atoms with Gasteiger partial charge in [-0.05, 0) is 31.5 Å². The molecular formula is C22H19Cl2F3N4O2. The summed E-state index contributed by atoms with van der Waals surface area (Å²) in [6, 6.07) is 5.54. The highest BCUT2D eigenvalue weighted by atomic mass is 35.5. The second kappa shape index (κ2) is 11.7. The molecule has 33 heavy (non-hydrogen) atoms. The number of rotatable bonds is 8. The van der Waals surface area contributed by atoms with E-state index in [-0.39, 0.29) is 28.0 Å². The third kappa shape index (κ3) is 7.77. The maximum absolute atomic E-state index is 13.6. The molecule has 1 heterocycles. The summed E-state index contributed by atoms with van der Waals surface area (Å²) in [5.74, 6) is -2.21. The summed E-state index contributed by atoms with van der Waals surface area (Å²) < 4.78 is 46.1. The number of hydrogen-bond donors (Lipinski definition) is 0. The van der Waals surface area contributed by atoms with Gasteiger partial charge >= 0.3 is 6.18 Å². The van der Waals surface area contributed by atoms with Crippen LogP contribution in [0.25, 0.3) is 0 Å². The Balaban J connectivity index is 2.51. The lowest BCUT2D eigenvalue weighted by Gasteiger charge is -2.22. The number of benzene rings is 1. The average Bonchev–Trinajstić information content (AvgIpc) is 2.76. The summed E-state index contributed by atoms with van der Waals surface area (Å²) in [6.07, 6.45) is 2.10. The van der Waals surface area contributed by atoms with Gasteiger partial charge in [0, 0.05) is 11.2 Å². The van der Waals surface area contributed by atoms with Crippen molar-refractivity contribution in [1.82, 2.24) is 14.9 Å². The van der Waals surface area contributed by atoms with Crippen LogP contribution in [-0.2, 0) is 11.3 Å². The van der Waals surface area contributed by atoms with Crippen molar-refractivity contribution < 1.29 is 22.7 Å². The molecule has 174 valence electrons. The fourth-order valence-electron chi connectivity index (χ4n) is 2.50. The van der Waals surface area contributed by atoms with E-state index in [9.17, 15) is 18.0 Å². The standard InChI is InChI=1S/C22H19Cl2F3N4O2/c1-3-4-5-6-31(13-17-11-30-19(24)12-29-17)21(32)20(14(2)22(25,26)27)33-18-8-15(10-28)7-16(23)9-18/h5-9,11-12H,3-4,13H2,1-2H3. The number of halogens is 5. The molecule has 0 aliphatic rings. The lowest BCUT2D eigenvalue weighted by Crippen LogP contribution is -2.32. The highest BCUT2D eigenvalue weighted by Crippen LogP contribution is 2.31. The summed E-state index contributed by atoms with van der Waals surface area (Å²) in [4.78, 5) is 22.2. The van der Waals surface area contributed by atoms with Crippen LogP contribution in [0.15, 0.2) is 54.2 Å². The molecule has 6 nitrogen and oxygen atoms in total. The highest BCUT2D eigenvalue weighted by Gasteiger charge is 2.37. The first kappa shape index (κ1) is 26.2. The first-order valence-electron chi connectivity index (χ1n) is 9.65. The van der Waals surface area contributed by atoms with E-state index in [0.717, 1.165) is 18.2 Å². The molecule has 11 heteroatoms. The van der Waals surface area contributed by atoms with Crippen LogP contribution < -0.4 is 4.74 Å². The van der Waals surface area contributed by atoms with Crippen LogP contribution in [0.1, 0.15) is 37.9 Å². The van der Waals surface area contributed by atoms with E-state index < -0.39 is 23.4 Å². The number of ether oxygens (including phenoxy) is 1. The highest BCUT2D eigenvalue weighted by molar-refractivity contribution is 6.30. The number of nitriles is 1. The first-order valence-corrected chi connectivity index (χ1v) is 10.4. The van der Waals surface area contributed by atoms with Crippen LogP contribution in [0, 0.1) is 11.3 Å². The van der Waals surface area contributed by atoms with E-state index in [0.29, 0.717) is 12.1 Å². The van der Waals surface area contributed by atoms with Crippen LogP contribution in [0.5, 0.6) is 5.75 Å². The lowest BCUT2D eigenvalue weighted by molar-refractivity contribution is -0.129. The minimum atomic E-state index is -4.85. The molecule has 0 atom stereocenters. The quantitative estimate of drug-likeness (QED) is 0.319. The first-order chi connectivity index (χ1) is 15.5. The van der Waals surface area contributed by atoms with Gasteiger partial charge in [-0.1, -0.05) is 42.6 Å². The van der Waals surface area contributed by atoms with Gasteiger partial charge in [-0.2, -0.15) is 18.4 Å². The van der Waals surface area contributed by atoms with Gasteiger partial charge in [0.15, 0.2) is 5.76 Å². The number of allylic oxidation sites excluding steroid dienone is 2. The van der Waals surface area contributed by atoms with Crippen molar-refractivity contribution in [2.45, 2.75) is 39.4 Å². The number of carbonyl (C=O) groups is 1. The fraction of sp³-hybridized carbons (Fsp3) is 0.273. The molecule has 0 saturated carbocycles. The Hall–Kier alpha value is -3.09. The fourth-order valence-corrected chi connectivity index (χ4v) is 2.82. The van der Waals surface area contributed by atoms with Crippen molar-refractivity contribution in [2.75, 3.05) is 0 Å². The molecular weight excluding hydrogens is 480 g/mol. The Morgan fingerprint density at radius 3 is 2.55 bits per heavy atom. The van der Waals surface area contributed by atoms with Crippen LogP contribution in [0.2, 0.25) is 10.2 Å². The zero-order valence-corrected chi connectivity index (χ0v) is 19.2. The normalized spacial score (nSPS) is 12.3. The number of aromatic nitrogens is 2. The van der Waals surface area contributed by atoms with Crippen molar-refractivity contribution in [3.63, 3.8) is 0 Å². The zero-order valence-electron chi connectivity index (χ0n) is 17.7. The lowest BCUT2D eigenvalue weighted by atomic mass is 10.2. The number of amides is 1. The van der Waals surface area contributed by atoms with E-state index in [2.05, 4.69) is 9.97 Å². The smallest absolute Gasteiger partial charge is 0.416 e. The molecule has 0 spiro atoms. The summed E-state index contributed by atoms with van der Waals surface area (Å²) in [5, 5.41) is 9.29. The van der Waals surface area contributed by atoms with Gasteiger partial charge in [0.1, 0.15) is 10.9 Å². The SMILES string of the molecule is CCCC=CN(Cc1cnc(Cl)cn1)C(=O)C(Oc1cc(Cl)cc(C#N)c1)=C(C)C(F)(F)F. The molecule has 0 saturated heterocycles. The summed E-state index contributed by atoms with van der Waals surface area (Å²) in [7, 11) is 0. The third-order valence-corrected chi connectivity index (χ3v) is 4.60. The van der Waals surface area contributed by atoms with Crippen molar-refractivity contribution in [3.8, 4) is 11.8 Å². The van der Waals surface area contributed by atoms with Gasteiger partial charge in [-0.25, -0.2) is 4.98 Å². The Morgan fingerprint density at radius 1 is 1.24 bits per heavy atom. The molecule has 0 aliphatic carbocycles. The zero-order chi connectivity index (χ0) is 24.6. The van der Waals surface area contributed by atoms with Gasteiger partial charge in [0.05, 0.1) is 41.8 Å². The molecule has 1 aromatic heterocycles. The van der Waals surface area contributed by atoms with Crippen molar-refractivity contribution in [3.05, 3.63) is 75.6 Å². The number of carbonyl (C=O) groups excluding carboxylic acids is 1. The number of hydrogen-bond acceptors (Lipinski definition) is 5. The van der Waals surface area contributed by atoms with Crippen LogP contribution in [0.3, 0.4) is 0 Å². The molecule has 0 unspecified atom stereocenters. The van der Waals surface area contributed by atoms with Gasteiger partial charge in [0.25, 0.3) is 5.91 Å². The van der Waals surface area contributed by atoms with Crippen LogP contribution >= 0.6 is 23.2 Å². The largest absolute Gasteiger partial charge is 0.451 e. The van der Waals surface area contributed by atoms with Gasteiger partial charge in [-0.15, -0.1) is 0 Å². The van der Waals surface area contributed by atoms with Gasteiger partial charge in [-0.3, -0.25) is 9.78 Å². The Morgan fingerprint density at radius 2 is 1.97 bits per heavy atom. The second-order valence-corrected chi connectivity index (χ2v) is 7.60. The van der Waals surface area contributed by atoms with E-state index >= 15 is 0 Å². The van der Waals surface area contributed by atoms with E-state index in [1.54, 1.807) is 6.08 Å². The summed E-state index contributed by atoms with van der Waals surface area (Å²) in [5.41, 5.74) is -0.889. The summed E-state index contributed by atoms with van der Waals surface area (Å²) >= 11 is 11.7. The minimum Gasteiger partial charge on any atom is -0.451 e. The minimum absolute atomic E-state index is 0.0603. The third-order valence-electron chi connectivity index (χ3n) is 4.19. The molecule has 0 N–H and O–H groups in total. The van der Waals surface area contributed by atoms with Gasteiger partial charge in [0.2, 0.25) is 0 Å². The molecule has 2 aromatic rings. The molecule has 0 aliphatic heterocycles. The maximum Gasteiger partial charge on any atom is 0.416 e. The topological polar surface area (TPSA) is 79.1 Å². The number of nitrogens with zero attached hydrogens (tertiary/aromatic N) is 4. The van der Waals surface area contributed by atoms with E-state index in [1.807, 2.05) is 13.0 Å². The van der Waals surface area contributed by atoms with Crippen molar-refractivity contribution in [2.24, 2.45) is 0 Å². The van der Waals surface area contributed by atoms with Crippen molar-refractivity contribution >= 4 is 29.1 Å². The Labute approximate surface area is 198 Å². The van der Waals surface area contributed by atoms with Crippen LogP contribution in [-0.4, -0.2) is 27.0 Å². The predicted octanol–water partition coefficient (Wildman–Crippen LogP) is 6.21. The Bertz CT molecular complexity index is 1090. The average molecular weight is 499 g/mol. The summed E-state index contributed by atoms with van der Waals surface area (Å²) in [6.45, 7) is 2.47.